The highest BCUT2D eigenvalue weighted by Gasteiger charge is 2.26. The van der Waals surface area contributed by atoms with Crippen molar-refractivity contribution in [1.29, 1.82) is 0 Å². The summed E-state index contributed by atoms with van der Waals surface area (Å²) in [5.41, 5.74) is 2.50. The monoisotopic (exact) mass is 434 g/mol. The van der Waals surface area contributed by atoms with Gasteiger partial charge < -0.3 is 14.6 Å². The molecule has 0 aromatic heterocycles. The second-order valence-electron chi connectivity index (χ2n) is 10.2. The van der Waals surface area contributed by atoms with Crippen molar-refractivity contribution in [2.75, 3.05) is 13.2 Å². The summed E-state index contributed by atoms with van der Waals surface area (Å²) in [5.74, 6) is 0.00200. The smallest absolute Gasteiger partial charge is 0.306 e. The van der Waals surface area contributed by atoms with Gasteiger partial charge in [-0.15, -0.1) is 0 Å². The molecule has 0 unspecified atom stereocenters. The summed E-state index contributed by atoms with van der Waals surface area (Å²) in [5, 5.41) is 10.8. The van der Waals surface area contributed by atoms with Crippen molar-refractivity contribution < 1.29 is 24.2 Å². The molecule has 0 aliphatic heterocycles. The summed E-state index contributed by atoms with van der Waals surface area (Å²) in [6.45, 7) is 15.2. The molecule has 0 amide bonds. The van der Waals surface area contributed by atoms with E-state index in [-0.39, 0.29) is 22.8 Å². The molecule has 0 saturated carbocycles. The zero-order valence-corrected chi connectivity index (χ0v) is 20.6. The average molecular weight is 435 g/mol. The van der Waals surface area contributed by atoms with Crippen molar-refractivity contribution in [3.63, 3.8) is 0 Å². The SMILES string of the molecule is CCC(=O)OCCCCCCOC(=O)CCc1cc(C(C)(C)C)c(O)c(C(C)(C)C)c1. The van der Waals surface area contributed by atoms with Crippen LogP contribution in [0.2, 0.25) is 0 Å². The van der Waals surface area contributed by atoms with Crippen LogP contribution in [0.5, 0.6) is 5.75 Å². The quantitative estimate of drug-likeness (QED) is 0.343. The molecule has 0 radical (unpaired) electrons. The van der Waals surface area contributed by atoms with Gasteiger partial charge in [-0.3, -0.25) is 9.59 Å². The maximum absolute atomic E-state index is 12.2. The number of aromatic hydroxyl groups is 1. The summed E-state index contributed by atoms with van der Waals surface area (Å²) in [4.78, 5) is 23.2. The number of rotatable bonds is 11. The third-order valence-electron chi connectivity index (χ3n) is 5.26. The van der Waals surface area contributed by atoms with Crippen molar-refractivity contribution in [2.45, 2.75) is 104 Å². The van der Waals surface area contributed by atoms with Crippen molar-refractivity contribution in [2.24, 2.45) is 0 Å². The third kappa shape index (κ3) is 9.75. The number of carbonyl (C=O) groups is 2. The van der Waals surface area contributed by atoms with E-state index in [1.165, 1.54) is 0 Å². The predicted octanol–water partition coefficient (Wildman–Crippen LogP) is 5.98. The van der Waals surface area contributed by atoms with E-state index in [0.29, 0.717) is 38.2 Å². The van der Waals surface area contributed by atoms with Gasteiger partial charge in [-0.25, -0.2) is 0 Å². The molecule has 0 aliphatic carbocycles. The Morgan fingerprint density at radius 3 is 1.68 bits per heavy atom. The second-order valence-corrected chi connectivity index (χ2v) is 10.2. The van der Waals surface area contributed by atoms with Crippen molar-refractivity contribution >= 4 is 11.9 Å². The third-order valence-corrected chi connectivity index (χ3v) is 5.26. The van der Waals surface area contributed by atoms with E-state index in [2.05, 4.69) is 41.5 Å². The van der Waals surface area contributed by atoms with Gasteiger partial charge >= 0.3 is 11.9 Å². The molecule has 1 N–H and O–H groups in total. The molecule has 0 aliphatic rings. The first kappa shape index (κ1) is 27.0. The maximum Gasteiger partial charge on any atom is 0.306 e. The fourth-order valence-corrected chi connectivity index (χ4v) is 3.33. The van der Waals surface area contributed by atoms with E-state index in [9.17, 15) is 14.7 Å². The minimum Gasteiger partial charge on any atom is -0.507 e. The van der Waals surface area contributed by atoms with Gasteiger partial charge in [0.2, 0.25) is 0 Å². The van der Waals surface area contributed by atoms with Crippen LogP contribution < -0.4 is 0 Å². The van der Waals surface area contributed by atoms with Crippen LogP contribution in [0.4, 0.5) is 0 Å². The van der Waals surface area contributed by atoms with Crippen LogP contribution in [-0.2, 0) is 36.3 Å². The lowest BCUT2D eigenvalue weighted by molar-refractivity contribution is -0.144. The highest BCUT2D eigenvalue weighted by molar-refractivity contribution is 5.70. The summed E-state index contributed by atoms with van der Waals surface area (Å²) < 4.78 is 10.4. The zero-order chi connectivity index (χ0) is 23.7. The van der Waals surface area contributed by atoms with Crippen LogP contribution in [0.15, 0.2) is 12.1 Å². The van der Waals surface area contributed by atoms with Gasteiger partial charge in [0.05, 0.1) is 13.2 Å². The van der Waals surface area contributed by atoms with Gasteiger partial charge in [0.25, 0.3) is 0 Å². The lowest BCUT2D eigenvalue weighted by Gasteiger charge is -2.28. The normalized spacial score (nSPS) is 12.0. The molecule has 5 heteroatoms. The number of aryl methyl sites for hydroxylation is 1. The Bertz CT molecular complexity index is 687. The molecule has 0 heterocycles. The lowest BCUT2D eigenvalue weighted by Crippen LogP contribution is -2.18. The Labute approximate surface area is 188 Å². The van der Waals surface area contributed by atoms with Gasteiger partial charge in [0.15, 0.2) is 0 Å². The minimum absolute atomic E-state index is 0.160. The van der Waals surface area contributed by atoms with E-state index in [1.807, 2.05) is 12.1 Å². The zero-order valence-electron chi connectivity index (χ0n) is 20.6. The average Bonchev–Trinajstić information content (AvgIpc) is 2.67. The van der Waals surface area contributed by atoms with Gasteiger partial charge in [-0.05, 0) is 59.6 Å². The summed E-state index contributed by atoms with van der Waals surface area (Å²) in [7, 11) is 0. The van der Waals surface area contributed by atoms with Gasteiger partial charge in [0.1, 0.15) is 5.75 Å². The lowest BCUT2D eigenvalue weighted by atomic mass is 9.78. The van der Waals surface area contributed by atoms with Crippen LogP contribution in [-0.4, -0.2) is 30.3 Å². The number of carbonyl (C=O) groups excluding carboxylic acids is 2. The van der Waals surface area contributed by atoms with Crippen molar-refractivity contribution in [3.05, 3.63) is 28.8 Å². The number of hydrogen-bond donors (Lipinski definition) is 1. The van der Waals surface area contributed by atoms with Gasteiger partial charge in [0, 0.05) is 12.8 Å². The van der Waals surface area contributed by atoms with Crippen molar-refractivity contribution in [1.82, 2.24) is 0 Å². The summed E-state index contributed by atoms with van der Waals surface area (Å²) >= 11 is 0. The molecular formula is C26H42O5. The van der Waals surface area contributed by atoms with Crippen LogP contribution in [0.1, 0.15) is 104 Å². The first-order valence-electron chi connectivity index (χ1n) is 11.5. The maximum atomic E-state index is 12.2. The van der Waals surface area contributed by atoms with E-state index in [0.717, 1.165) is 42.4 Å². The van der Waals surface area contributed by atoms with Gasteiger partial charge in [-0.2, -0.15) is 0 Å². The van der Waals surface area contributed by atoms with Crippen LogP contribution >= 0.6 is 0 Å². The summed E-state index contributed by atoms with van der Waals surface area (Å²) in [6.07, 6.45) is 4.88. The molecule has 0 atom stereocenters. The van der Waals surface area contributed by atoms with Crippen LogP contribution in [0.3, 0.4) is 0 Å². The first-order chi connectivity index (χ1) is 14.4. The van der Waals surface area contributed by atoms with Gasteiger partial charge in [-0.1, -0.05) is 60.6 Å². The number of phenols is 1. The Hall–Kier alpha value is -2.04. The van der Waals surface area contributed by atoms with E-state index in [1.54, 1.807) is 6.92 Å². The van der Waals surface area contributed by atoms with Crippen LogP contribution in [0.25, 0.3) is 0 Å². The minimum atomic E-state index is -0.195. The highest BCUT2D eigenvalue weighted by atomic mass is 16.5. The number of esters is 2. The largest absolute Gasteiger partial charge is 0.507 e. The number of hydrogen-bond acceptors (Lipinski definition) is 5. The molecule has 1 aromatic rings. The molecule has 0 saturated heterocycles. The number of unbranched alkanes of at least 4 members (excludes halogenated alkanes) is 3. The molecule has 1 rings (SSSR count). The Kier molecular flexibility index (Phi) is 10.5. The van der Waals surface area contributed by atoms with E-state index in [4.69, 9.17) is 9.47 Å². The number of ether oxygens (including phenoxy) is 2. The Morgan fingerprint density at radius 1 is 0.806 bits per heavy atom. The van der Waals surface area contributed by atoms with E-state index >= 15 is 0 Å². The second kappa shape index (κ2) is 12.1. The number of phenolic OH excluding ortho intramolecular Hbond substituents is 1. The standard InChI is InChI=1S/C26H42O5/c1-8-22(27)30-15-11-9-10-12-16-31-23(28)14-13-19-17-20(25(2,3)4)24(29)21(18-19)26(5,6)7/h17-18,29H,8-16H2,1-7H3. The molecular weight excluding hydrogens is 392 g/mol. The van der Waals surface area contributed by atoms with E-state index < -0.39 is 0 Å². The van der Waals surface area contributed by atoms with Crippen molar-refractivity contribution in [3.8, 4) is 5.75 Å². The Morgan fingerprint density at radius 2 is 1.26 bits per heavy atom. The molecule has 31 heavy (non-hydrogen) atoms. The Balaban J connectivity index is 2.48. The fourth-order valence-electron chi connectivity index (χ4n) is 3.33. The first-order valence-corrected chi connectivity index (χ1v) is 11.5. The highest BCUT2D eigenvalue weighted by Crippen LogP contribution is 2.40. The molecule has 5 nitrogen and oxygen atoms in total. The topological polar surface area (TPSA) is 72.8 Å². The summed E-state index contributed by atoms with van der Waals surface area (Å²) in [6, 6.07) is 4.03. The molecule has 1 aromatic carbocycles. The number of benzene rings is 1. The predicted molar refractivity (Wildman–Crippen MR) is 125 cm³/mol. The molecule has 0 spiro atoms. The van der Waals surface area contributed by atoms with Crippen LogP contribution in [0, 0.1) is 0 Å². The fraction of sp³-hybridized carbons (Fsp3) is 0.692. The molecule has 0 fully saturated rings. The molecule has 176 valence electrons. The molecule has 0 bridgehead atoms.